The maximum absolute atomic E-state index is 13.3. The van der Waals surface area contributed by atoms with Gasteiger partial charge in [-0.15, -0.1) is 12.4 Å². The zero-order chi connectivity index (χ0) is 28.7. The Morgan fingerprint density at radius 3 is 2.29 bits per heavy atom. The van der Waals surface area contributed by atoms with Gasteiger partial charge in [-0.3, -0.25) is 14.4 Å². The monoisotopic (exact) mass is 622 g/mol. The number of amides is 2. The molecule has 1 aromatic heterocycles. The molecule has 0 aliphatic heterocycles. The summed E-state index contributed by atoms with van der Waals surface area (Å²) in [6.45, 7) is 0.777. The van der Waals surface area contributed by atoms with Crippen molar-refractivity contribution < 1.29 is 24.2 Å². The standard InChI is InChI=1S/C29H32Cl2N4O5.ClH/c30-22-14-21(15-23(31)16-22)24(17-28(37)38)35-29(39)25(19-40-18-20-8-2-1-3-9-20)34-27(36)11-5-7-13-33-26-10-4-6-12-32-26;/h1-4,6,8-10,12,14-16,24-25H,5,7,11,13,17-19H2,(H,32,33)(H,34,36)(H,35,39)(H,37,38);1H/t24?,25-;/m0./s1. The minimum absolute atomic E-state index is 0. The van der Waals surface area contributed by atoms with E-state index in [1.807, 2.05) is 48.5 Å². The first-order valence-electron chi connectivity index (χ1n) is 12.8. The molecule has 3 aromatic rings. The van der Waals surface area contributed by atoms with Crippen LogP contribution in [0.2, 0.25) is 10.0 Å². The molecule has 0 aliphatic rings. The third-order valence-electron chi connectivity index (χ3n) is 5.83. The van der Waals surface area contributed by atoms with Crippen molar-refractivity contribution in [2.45, 2.75) is 44.4 Å². The van der Waals surface area contributed by atoms with E-state index in [0.717, 1.165) is 17.8 Å². The molecule has 3 rings (SSSR count). The van der Waals surface area contributed by atoms with E-state index in [1.54, 1.807) is 18.3 Å². The first kappa shape index (κ1) is 33.8. The summed E-state index contributed by atoms with van der Waals surface area (Å²) >= 11 is 12.2. The molecule has 0 spiro atoms. The number of ether oxygens (including phenoxy) is 1. The lowest BCUT2D eigenvalue weighted by Gasteiger charge is -2.23. The maximum atomic E-state index is 13.3. The summed E-state index contributed by atoms with van der Waals surface area (Å²) in [6.07, 6.45) is 2.81. The number of anilines is 1. The van der Waals surface area contributed by atoms with Crippen molar-refractivity contribution in [1.82, 2.24) is 15.6 Å². The topological polar surface area (TPSA) is 130 Å². The summed E-state index contributed by atoms with van der Waals surface area (Å²) in [5.41, 5.74) is 1.34. The molecule has 0 radical (unpaired) electrons. The highest BCUT2D eigenvalue weighted by Gasteiger charge is 2.26. The molecular formula is C29H33Cl3N4O5. The normalized spacial score (nSPS) is 12.0. The predicted octanol–water partition coefficient (Wildman–Crippen LogP) is 5.43. The second-order valence-corrected chi connectivity index (χ2v) is 9.95. The fourth-order valence-corrected chi connectivity index (χ4v) is 4.43. The number of carboxylic acid groups (broad SMARTS) is 1. The molecule has 0 saturated heterocycles. The van der Waals surface area contributed by atoms with Crippen molar-refractivity contribution in [2.24, 2.45) is 0 Å². The number of nitrogens with zero attached hydrogens (tertiary/aromatic N) is 1. The third kappa shape index (κ3) is 12.8. The number of carboxylic acids is 1. The molecule has 41 heavy (non-hydrogen) atoms. The van der Waals surface area contributed by atoms with Gasteiger partial charge in [-0.05, 0) is 54.3 Å². The molecule has 0 bridgehead atoms. The lowest BCUT2D eigenvalue weighted by Crippen LogP contribution is -2.50. The molecule has 2 aromatic carbocycles. The molecule has 2 amide bonds. The minimum Gasteiger partial charge on any atom is -0.481 e. The first-order chi connectivity index (χ1) is 19.3. The van der Waals surface area contributed by atoms with Crippen LogP contribution in [0.3, 0.4) is 0 Å². The number of carbonyl (C=O) groups excluding carboxylic acids is 2. The molecule has 0 saturated carbocycles. The molecule has 220 valence electrons. The summed E-state index contributed by atoms with van der Waals surface area (Å²) < 4.78 is 5.75. The Labute approximate surface area is 255 Å². The summed E-state index contributed by atoms with van der Waals surface area (Å²) in [7, 11) is 0. The number of carbonyl (C=O) groups is 3. The van der Waals surface area contributed by atoms with Crippen molar-refractivity contribution in [3.05, 3.63) is 94.1 Å². The van der Waals surface area contributed by atoms with Crippen LogP contribution in [0, 0.1) is 0 Å². The lowest BCUT2D eigenvalue weighted by molar-refractivity contribution is -0.138. The number of hydrogen-bond donors (Lipinski definition) is 4. The van der Waals surface area contributed by atoms with Crippen LogP contribution in [-0.4, -0.2) is 47.1 Å². The maximum Gasteiger partial charge on any atom is 0.305 e. The number of rotatable bonds is 16. The van der Waals surface area contributed by atoms with Crippen LogP contribution in [0.25, 0.3) is 0 Å². The molecule has 1 unspecified atom stereocenters. The van der Waals surface area contributed by atoms with Gasteiger partial charge >= 0.3 is 5.97 Å². The third-order valence-corrected chi connectivity index (χ3v) is 6.27. The van der Waals surface area contributed by atoms with Crippen molar-refractivity contribution in [3.63, 3.8) is 0 Å². The van der Waals surface area contributed by atoms with E-state index in [2.05, 4.69) is 20.9 Å². The Balaban J connectivity index is 0.00000588. The Bertz CT molecular complexity index is 1230. The zero-order valence-corrected chi connectivity index (χ0v) is 24.6. The number of benzene rings is 2. The molecule has 2 atom stereocenters. The van der Waals surface area contributed by atoms with Gasteiger partial charge in [0.25, 0.3) is 0 Å². The number of nitrogens with one attached hydrogen (secondary N) is 3. The Hall–Kier alpha value is -3.37. The largest absolute Gasteiger partial charge is 0.481 e. The van der Waals surface area contributed by atoms with Crippen LogP contribution in [0.4, 0.5) is 5.82 Å². The minimum atomic E-state index is -1.12. The fraction of sp³-hybridized carbons (Fsp3) is 0.310. The van der Waals surface area contributed by atoms with Crippen LogP contribution >= 0.6 is 35.6 Å². The Morgan fingerprint density at radius 1 is 0.927 bits per heavy atom. The van der Waals surface area contributed by atoms with Crippen molar-refractivity contribution >= 4 is 59.2 Å². The first-order valence-corrected chi connectivity index (χ1v) is 13.6. The highest BCUT2D eigenvalue weighted by atomic mass is 35.5. The SMILES string of the molecule is Cl.O=C(O)CC(NC(=O)[C@H](COCc1ccccc1)NC(=O)CCCCNc1ccccn1)c1cc(Cl)cc(Cl)c1. The van der Waals surface area contributed by atoms with E-state index < -0.39 is 30.4 Å². The zero-order valence-electron chi connectivity index (χ0n) is 22.2. The summed E-state index contributed by atoms with van der Waals surface area (Å²) in [5.74, 6) is -1.26. The molecule has 9 nitrogen and oxygen atoms in total. The Kier molecular flexibility index (Phi) is 15.0. The smallest absolute Gasteiger partial charge is 0.305 e. The van der Waals surface area contributed by atoms with Crippen LogP contribution in [0.15, 0.2) is 72.9 Å². The van der Waals surface area contributed by atoms with Gasteiger partial charge in [0.05, 0.1) is 25.7 Å². The lowest BCUT2D eigenvalue weighted by atomic mass is 10.0. The van der Waals surface area contributed by atoms with Gasteiger partial charge in [0.1, 0.15) is 11.9 Å². The van der Waals surface area contributed by atoms with Gasteiger partial charge in [0.2, 0.25) is 11.8 Å². The van der Waals surface area contributed by atoms with E-state index in [4.69, 9.17) is 27.9 Å². The van der Waals surface area contributed by atoms with E-state index in [1.165, 1.54) is 6.07 Å². The van der Waals surface area contributed by atoms with Gasteiger partial charge < -0.3 is 25.8 Å². The molecule has 12 heteroatoms. The number of halogens is 3. The van der Waals surface area contributed by atoms with Crippen molar-refractivity contribution in [3.8, 4) is 0 Å². The number of unbranched alkanes of at least 4 members (excludes halogenated alkanes) is 1. The number of hydrogen-bond acceptors (Lipinski definition) is 6. The highest BCUT2D eigenvalue weighted by Crippen LogP contribution is 2.25. The van der Waals surface area contributed by atoms with Gasteiger partial charge in [0.15, 0.2) is 0 Å². The number of aromatic nitrogens is 1. The highest BCUT2D eigenvalue weighted by molar-refractivity contribution is 6.34. The van der Waals surface area contributed by atoms with Gasteiger partial charge in [-0.1, -0.05) is 59.6 Å². The average Bonchev–Trinajstić information content (AvgIpc) is 2.92. The van der Waals surface area contributed by atoms with Crippen LogP contribution in [-0.2, 0) is 25.7 Å². The van der Waals surface area contributed by atoms with Gasteiger partial charge in [-0.25, -0.2) is 4.98 Å². The van der Waals surface area contributed by atoms with Crippen LogP contribution in [0.5, 0.6) is 0 Å². The molecule has 0 aliphatic carbocycles. The molecular weight excluding hydrogens is 591 g/mol. The number of aliphatic carboxylic acids is 1. The van der Waals surface area contributed by atoms with Gasteiger partial charge in [0, 0.05) is 29.2 Å². The summed E-state index contributed by atoms with van der Waals surface area (Å²) in [6, 6.07) is 17.6. The second-order valence-electron chi connectivity index (χ2n) is 9.08. The van der Waals surface area contributed by atoms with Gasteiger partial charge in [-0.2, -0.15) is 0 Å². The van der Waals surface area contributed by atoms with E-state index >= 15 is 0 Å². The predicted molar refractivity (Wildman–Crippen MR) is 161 cm³/mol. The molecule has 4 N–H and O–H groups in total. The fourth-order valence-electron chi connectivity index (χ4n) is 3.89. The van der Waals surface area contributed by atoms with Crippen molar-refractivity contribution in [2.75, 3.05) is 18.5 Å². The molecule has 0 fully saturated rings. The Morgan fingerprint density at radius 2 is 1.63 bits per heavy atom. The van der Waals surface area contributed by atoms with Crippen molar-refractivity contribution in [1.29, 1.82) is 0 Å². The summed E-state index contributed by atoms with van der Waals surface area (Å²) in [4.78, 5) is 41.8. The van der Waals surface area contributed by atoms with Crippen LogP contribution < -0.4 is 16.0 Å². The summed E-state index contributed by atoms with van der Waals surface area (Å²) in [5, 5.41) is 18.7. The quantitative estimate of drug-likeness (QED) is 0.157. The van der Waals surface area contributed by atoms with Crippen LogP contribution in [0.1, 0.15) is 42.9 Å². The average molecular weight is 624 g/mol. The van der Waals surface area contributed by atoms with E-state index in [9.17, 15) is 19.5 Å². The number of pyridine rings is 1. The molecule has 1 heterocycles. The second kappa shape index (κ2) is 18.1. The van der Waals surface area contributed by atoms with E-state index in [-0.39, 0.29) is 37.9 Å². The van der Waals surface area contributed by atoms with E-state index in [0.29, 0.717) is 28.6 Å².